The molecular formula is C19H23NO4S. The van der Waals surface area contributed by atoms with E-state index in [1.54, 1.807) is 16.7 Å². The second kappa shape index (κ2) is 6.48. The van der Waals surface area contributed by atoms with Gasteiger partial charge in [-0.2, -0.15) is 0 Å². The van der Waals surface area contributed by atoms with Gasteiger partial charge in [-0.3, -0.25) is 9.59 Å². The highest BCUT2D eigenvalue weighted by molar-refractivity contribution is 8.01. The number of carbonyl (C=O) groups is 3. The van der Waals surface area contributed by atoms with Crippen molar-refractivity contribution >= 4 is 29.4 Å². The minimum atomic E-state index is -0.585. The van der Waals surface area contributed by atoms with Gasteiger partial charge in [0.25, 0.3) is 0 Å². The summed E-state index contributed by atoms with van der Waals surface area (Å²) in [5, 5.41) is 0. The fraction of sp³-hybridized carbons (Fsp3) is 0.526. The second-order valence-electron chi connectivity index (χ2n) is 7.07. The highest BCUT2D eigenvalue weighted by atomic mass is 32.2. The molecule has 0 unspecified atom stereocenters. The molecule has 0 saturated carbocycles. The van der Waals surface area contributed by atoms with E-state index in [-0.39, 0.29) is 23.2 Å². The third kappa shape index (κ3) is 3.19. The van der Waals surface area contributed by atoms with Crippen LogP contribution in [0.1, 0.15) is 46.8 Å². The molecule has 5 nitrogen and oxygen atoms in total. The molecule has 6 heteroatoms. The van der Waals surface area contributed by atoms with E-state index in [0.29, 0.717) is 17.7 Å². The third-order valence-electron chi connectivity index (χ3n) is 5.02. The summed E-state index contributed by atoms with van der Waals surface area (Å²) < 4.78 is 5.29. The van der Waals surface area contributed by atoms with Crippen LogP contribution in [0.2, 0.25) is 0 Å². The molecule has 2 fully saturated rings. The summed E-state index contributed by atoms with van der Waals surface area (Å²) in [6.45, 7) is 7.45. The van der Waals surface area contributed by atoms with Gasteiger partial charge in [-0.05, 0) is 45.2 Å². The predicted molar refractivity (Wildman–Crippen MR) is 96.7 cm³/mol. The van der Waals surface area contributed by atoms with E-state index in [9.17, 15) is 14.4 Å². The van der Waals surface area contributed by atoms with E-state index in [0.717, 1.165) is 23.1 Å². The molecule has 2 atom stereocenters. The molecule has 2 heterocycles. The molecule has 2 aliphatic heterocycles. The largest absolute Gasteiger partial charge is 0.456 e. The fourth-order valence-electron chi connectivity index (χ4n) is 3.92. The van der Waals surface area contributed by atoms with Crippen LogP contribution in [-0.2, 0) is 14.3 Å². The molecular weight excluding hydrogens is 338 g/mol. The van der Waals surface area contributed by atoms with Crippen molar-refractivity contribution in [2.45, 2.75) is 51.4 Å². The Bertz CT molecular complexity index is 737. The lowest BCUT2D eigenvalue weighted by Gasteiger charge is -2.29. The zero-order valence-corrected chi connectivity index (χ0v) is 15.9. The highest BCUT2D eigenvalue weighted by Crippen LogP contribution is 2.47. The lowest BCUT2D eigenvalue weighted by molar-refractivity contribution is -0.152. The Hall–Kier alpha value is -1.82. The maximum atomic E-state index is 12.5. The predicted octanol–water partition coefficient (Wildman–Crippen LogP) is 2.79. The second-order valence-corrected chi connectivity index (χ2v) is 8.57. The zero-order chi connectivity index (χ0) is 18.4. The van der Waals surface area contributed by atoms with Gasteiger partial charge in [0.15, 0.2) is 6.61 Å². The molecule has 0 N–H and O–H groups in total. The fourth-order valence-corrected chi connectivity index (χ4v) is 5.34. The summed E-state index contributed by atoms with van der Waals surface area (Å²) in [5.41, 5.74) is 3.48. The molecule has 0 radical (unpaired) electrons. The van der Waals surface area contributed by atoms with Crippen LogP contribution in [0.15, 0.2) is 12.1 Å². The van der Waals surface area contributed by atoms with Gasteiger partial charge >= 0.3 is 5.97 Å². The van der Waals surface area contributed by atoms with Crippen molar-refractivity contribution in [3.8, 4) is 0 Å². The molecule has 2 aliphatic rings. The average molecular weight is 361 g/mol. The number of Topliss-reactive ketones (excluding diaryl/α,β-unsaturated/α-hetero) is 1. The van der Waals surface area contributed by atoms with Gasteiger partial charge in [-0.15, -0.1) is 11.8 Å². The van der Waals surface area contributed by atoms with Crippen molar-refractivity contribution < 1.29 is 19.1 Å². The van der Waals surface area contributed by atoms with E-state index in [1.807, 2.05) is 39.8 Å². The van der Waals surface area contributed by atoms with Crippen LogP contribution in [0.5, 0.6) is 0 Å². The van der Waals surface area contributed by atoms with Crippen LogP contribution in [0.25, 0.3) is 0 Å². The van der Waals surface area contributed by atoms with Crippen LogP contribution < -0.4 is 0 Å². The minimum absolute atomic E-state index is 0.00833. The van der Waals surface area contributed by atoms with Crippen molar-refractivity contribution in [2.75, 3.05) is 12.4 Å². The van der Waals surface area contributed by atoms with Crippen LogP contribution in [-0.4, -0.2) is 45.8 Å². The zero-order valence-electron chi connectivity index (χ0n) is 15.0. The maximum Gasteiger partial charge on any atom is 0.330 e. The number of hydrogen-bond donors (Lipinski definition) is 0. The van der Waals surface area contributed by atoms with E-state index < -0.39 is 12.0 Å². The number of thioether (sulfide) groups is 1. The first-order valence-electron chi connectivity index (χ1n) is 8.47. The molecule has 25 heavy (non-hydrogen) atoms. The van der Waals surface area contributed by atoms with Gasteiger partial charge in [-0.25, -0.2) is 4.79 Å². The topological polar surface area (TPSA) is 63.7 Å². The van der Waals surface area contributed by atoms with Crippen molar-refractivity contribution in [1.29, 1.82) is 0 Å². The Morgan fingerprint density at radius 1 is 1.28 bits per heavy atom. The number of rotatable bonds is 4. The molecule has 2 saturated heterocycles. The Kier molecular flexibility index (Phi) is 4.66. The standard InChI is InChI=1S/C19H23NO4S/c1-11-7-12(2)17(13(3)8-11)15(21)9-24-18(23)14-10-25-19(4)6-5-16(22)20(14)19/h7-8,14H,5-6,9-10H2,1-4H3/t14-,19+/m1/s1. The Morgan fingerprint density at radius 2 is 1.92 bits per heavy atom. The summed E-state index contributed by atoms with van der Waals surface area (Å²) in [6, 6.07) is 3.31. The van der Waals surface area contributed by atoms with E-state index in [4.69, 9.17) is 4.74 Å². The molecule has 0 aliphatic carbocycles. The number of aryl methyl sites for hydroxylation is 3. The summed E-state index contributed by atoms with van der Waals surface area (Å²) in [5.74, 6) is -0.171. The SMILES string of the molecule is Cc1cc(C)c(C(=O)COC(=O)[C@H]2CS[C@@]3(C)CCC(=O)N23)c(C)c1. The Balaban J connectivity index is 1.67. The molecule has 134 valence electrons. The Labute approximate surface area is 152 Å². The number of amides is 1. The first kappa shape index (κ1) is 18.0. The van der Waals surface area contributed by atoms with Gasteiger partial charge in [0, 0.05) is 17.7 Å². The van der Waals surface area contributed by atoms with E-state index in [2.05, 4.69) is 0 Å². The monoisotopic (exact) mass is 361 g/mol. The van der Waals surface area contributed by atoms with Crippen molar-refractivity contribution in [2.24, 2.45) is 0 Å². The summed E-state index contributed by atoms with van der Waals surface area (Å²) in [7, 11) is 0. The molecule has 1 amide bonds. The number of benzene rings is 1. The summed E-state index contributed by atoms with van der Waals surface area (Å²) in [6.07, 6.45) is 1.22. The number of carbonyl (C=O) groups excluding carboxylic acids is 3. The first-order valence-corrected chi connectivity index (χ1v) is 9.45. The van der Waals surface area contributed by atoms with Crippen molar-refractivity contribution in [1.82, 2.24) is 4.90 Å². The quantitative estimate of drug-likeness (QED) is 0.609. The van der Waals surface area contributed by atoms with E-state index in [1.165, 1.54) is 0 Å². The number of nitrogens with zero attached hydrogens (tertiary/aromatic N) is 1. The average Bonchev–Trinajstić information content (AvgIpc) is 3.00. The van der Waals surface area contributed by atoms with Gasteiger partial charge in [0.2, 0.25) is 11.7 Å². The summed E-state index contributed by atoms with van der Waals surface area (Å²) in [4.78, 5) is 38.4. The van der Waals surface area contributed by atoms with Crippen molar-refractivity contribution in [3.63, 3.8) is 0 Å². The molecule has 0 spiro atoms. The van der Waals surface area contributed by atoms with E-state index >= 15 is 0 Å². The normalized spacial score (nSPS) is 25.2. The van der Waals surface area contributed by atoms with Gasteiger partial charge in [-0.1, -0.05) is 17.7 Å². The van der Waals surface area contributed by atoms with Crippen LogP contribution in [0.4, 0.5) is 0 Å². The molecule has 0 aromatic heterocycles. The summed E-state index contributed by atoms with van der Waals surface area (Å²) >= 11 is 1.61. The first-order chi connectivity index (χ1) is 11.7. The van der Waals surface area contributed by atoms with Crippen molar-refractivity contribution in [3.05, 3.63) is 34.4 Å². The molecule has 1 aromatic rings. The number of ketones is 1. The minimum Gasteiger partial charge on any atom is -0.456 e. The lowest BCUT2D eigenvalue weighted by Crippen LogP contribution is -2.46. The number of fused-ring (bicyclic) bond motifs is 1. The smallest absolute Gasteiger partial charge is 0.330 e. The lowest BCUT2D eigenvalue weighted by atomic mass is 9.97. The maximum absolute atomic E-state index is 12.5. The van der Waals surface area contributed by atoms with Gasteiger partial charge in [0.1, 0.15) is 6.04 Å². The molecule has 0 bridgehead atoms. The number of hydrogen-bond acceptors (Lipinski definition) is 5. The van der Waals surface area contributed by atoms with Crippen LogP contribution in [0.3, 0.4) is 0 Å². The van der Waals surface area contributed by atoms with Crippen LogP contribution >= 0.6 is 11.8 Å². The van der Waals surface area contributed by atoms with Gasteiger partial charge < -0.3 is 9.64 Å². The molecule has 3 rings (SSSR count). The molecule has 1 aromatic carbocycles. The number of esters is 1. The number of ether oxygens (including phenoxy) is 1. The highest BCUT2D eigenvalue weighted by Gasteiger charge is 2.53. The van der Waals surface area contributed by atoms with Gasteiger partial charge in [0.05, 0.1) is 4.87 Å². The Morgan fingerprint density at radius 3 is 2.56 bits per heavy atom. The van der Waals surface area contributed by atoms with Crippen LogP contribution in [0, 0.1) is 20.8 Å². The third-order valence-corrected chi connectivity index (χ3v) is 6.52.